The monoisotopic (exact) mass is 297 g/mol. The minimum Gasteiger partial charge on any atom is -0.324 e. The second-order valence-corrected chi connectivity index (χ2v) is 5.58. The van der Waals surface area contributed by atoms with Gasteiger partial charge in [-0.05, 0) is 43.5 Å². The highest BCUT2D eigenvalue weighted by molar-refractivity contribution is 6.30. The van der Waals surface area contributed by atoms with Gasteiger partial charge in [0.2, 0.25) is 0 Å². The van der Waals surface area contributed by atoms with E-state index < -0.39 is 0 Å². The molecule has 0 saturated heterocycles. The van der Waals surface area contributed by atoms with Crippen LogP contribution < -0.4 is 5.73 Å². The van der Waals surface area contributed by atoms with E-state index in [2.05, 4.69) is 5.10 Å². The summed E-state index contributed by atoms with van der Waals surface area (Å²) in [4.78, 5) is 0. The summed E-state index contributed by atoms with van der Waals surface area (Å²) >= 11 is 12.3. The summed E-state index contributed by atoms with van der Waals surface area (Å²) in [5.41, 5.74) is 10.4. The molecule has 0 aliphatic heterocycles. The van der Waals surface area contributed by atoms with Crippen LogP contribution in [0.5, 0.6) is 0 Å². The van der Waals surface area contributed by atoms with Crippen molar-refractivity contribution < 1.29 is 0 Å². The van der Waals surface area contributed by atoms with Crippen molar-refractivity contribution in [2.45, 2.75) is 26.3 Å². The predicted octanol–water partition coefficient (Wildman–Crippen LogP) is 3.59. The zero-order chi connectivity index (χ0) is 14.2. The third-order valence-corrected chi connectivity index (χ3v) is 4.04. The summed E-state index contributed by atoms with van der Waals surface area (Å²) < 4.78 is 1.67. The molecular formula is C14H17Cl2N3. The fraction of sp³-hybridized carbons (Fsp3) is 0.357. The Balaban J connectivity index is 2.30. The van der Waals surface area contributed by atoms with Gasteiger partial charge in [-0.2, -0.15) is 5.10 Å². The molecule has 2 aromatic rings. The van der Waals surface area contributed by atoms with E-state index >= 15 is 0 Å². The molecule has 1 aromatic heterocycles. The van der Waals surface area contributed by atoms with E-state index in [4.69, 9.17) is 28.9 Å². The summed E-state index contributed by atoms with van der Waals surface area (Å²) in [6, 6.07) is 5.63. The molecule has 2 rings (SSSR count). The van der Waals surface area contributed by atoms with Gasteiger partial charge >= 0.3 is 0 Å². The van der Waals surface area contributed by atoms with Crippen molar-refractivity contribution in [2.24, 2.45) is 12.8 Å². The lowest BCUT2D eigenvalue weighted by atomic mass is 9.96. The quantitative estimate of drug-likeness (QED) is 0.941. The number of nitrogens with zero attached hydrogens (tertiary/aromatic N) is 2. The lowest BCUT2D eigenvalue weighted by Crippen LogP contribution is -2.15. The van der Waals surface area contributed by atoms with Crippen LogP contribution in [0.15, 0.2) is 18.2 Å². The first-order chi connectivity index (χ1) is 8.90. The molecule has 0 bridgehead atoms. The Labute approximate surface area is 123 Å². The molecule has 0 aliphatic rings. The molecular weight excluding hydrogens is 281 g/mol. The normalized spacial score (nSPS) is 12.7. The van der Waals surface area contributed by atoms with E-state index in [9.17, 15) is 0 Å². The maximum Gasteiger partial charge on any atom is 0.130 e. The molecule has 102 valence electrons. The van der Waals surface area contributed by atoms with Crippen LogP contribution in [0.3, 0.4) is 0 Å². The van der Waals surface area contributed by atoms with Gasteiger partial charge in [0.25, 0.3) is 0 Å². The third kappa shape index (κ3) is 2.94. The van der Waals surface area contributed by atoms with Crippen LogP contribution in [0, 0.1) is 13.8 Å². The second kappa shape index (κ2) is 5.53. The van der Waals surface area contributed by atoms with Crippen LogP contribution in [-0.4, -0.2) is 9.78 Å². The number of aromatic nitrogens is 2. The SMILES string of the molecule is Cc1ccc(Cl)cc1C(N)Cc1c(C)nn(C)c1Cl. The molecule has 0 fully saturated rings. The summed E-state index contributed by atoms with van der Waals surface area (Å²) in [6.45, 7) is 3.97. The summed E-state index contributed by atoms with van der Waals surface area (Å²) in [5, 5.41) is 5.65. The Hall–Kier alpha value is -1.03. The van der Waals surface area contributed by atoms with Gasteiger partial charge in [0.05, 0.1) is 5.69 Å². The zero-order valence-electron chi connectivity index (χ0n) is 11.2. The van der Waals surface area contributed by atoms with Gasteiger partial charge in [-0.1, -0.05) is 29.3 Å². The number of rotatable bonds is 3. The van der Waals surface area contributed by atoms with Crippen molar-refractivity contribution in [2.75, 3.05) is 0 Å². The number of benzene rings is 1. The van der Waals surface area contributed by atoms with Crippen molar-refractivity contribution in [3.05, 3.63) is 50.8 Å². The minimum absolute atomic E-state index is 0.140. The fourth-order valence-corrected chi connectivity index (χ4v) is 2.68. The number of hydrogen-bond donors (Lipinski definition) is 1. The highest BCUT2D eigenvalue weighted by Gasteiger charge is 2.17. The molecule has 0 aliphatic carbocycles. The first kappa shape index (κ1) is 14.4. The number of nitrogens with two attached hydrogens (primary N) is 1. The Morgan fingerprint density at radius 3 is 2.58 bits per heavy atom. The molecule has 1 atom stereocenters. The summed E-state index contributed by atoms with van der Waals surface area (Å²) in [5.74, 6) is 0. The molecule has 2 N–H and O–H groups in total. The predicted molar refractivity (Wildman–Crippen MR) is 79.8 cm³/mol. The van der Waals surface area contributed by atoms with E-state index in [1.165, 1.54) is 0 Å². The van der Waals surface area contributed by atoms with Gasteiger partial charge < -0.3 is 5.73 Å². The molecule has 1 heterocycles. The Bertz CT molecular complexity index is 605. The summed E-state index contributed by atoms with van der Waals surface area (Å²) in [6.07, 6.45) is 0.652. The van der Waals surface area contributed by atoms with Gasteiger partial charge in [0.1, 0.15) is 5.15 Å². The highest BCUT2D eigenvalue weighted by atomic mass is 35.5. The van der Waals surface area contributed by atoms with Crippen molar-refractivity contribution in [1.29, 1.82) is 0 Å². The van der Waals surface area contributed by atoms with Crippen molar-refractivity contribution in [1.82, 2.24) is 9.78 Å². The maximum atomic E-state index is 6.29. The molecule has 0 spiro atoms. The Kier molecular flexibility index (Phi) is 4.19. The van der Waals surface area contributed by atoms with Gasteiger partial charge in [-0.3, -0.25) is 4.68 Å². The molecule has 0 saturated carbocycles. The van der Waals surface area contributed by atoms with Crippen molar-refractivity contribution >= 4 is 23.2 Å². The van der Waals surface area contributed by atoms with Crippen LogP contribution in [-0.2, 0) is 13.5 Å². The average Bonchev–Trinajstić information content (AvgIpc) is 2.59. The van der Waals surface area contributed by atoms with Crippen LogP contribution in [0.4, 0.5) is 0 Å². The van der Waals surface area contributed by atoms with Gasteiger partial charge in [-0.15, -0.1) is 0 Å². The Morgan fingerprint density at radius 2 is 2.00 bits per heavy atom. The van der Waals surface area contributed by atoms with Crippen molar-refractivity contribution in [3.63, 3.8) is 0 Å². The minimum atomic E-state index is -0.140. The van der Waals surface area contributed by atoms with Crippen LogP contribution >= 0.6 is 23.2 Å². The van der Waals surface area contributed by atoms with Gasteiger partial charge in [-0.25, -0.2) is 0 Å². The van der Waals surface area contributed by atoms with E-state index in [0.717, 1.165) is 22.4 Å². The first-order valence-corrected chi connectivity index (χ1v) is 6.85. The van der Waals surface area contributed by atoms with E-state index in [1.54, 1.807) is 4.68 Å². The number of hydrogen-bond acceptors (Lipinski definition) is 2. The molecule has 19 heavy (non-hydrogen) atoms. The molecule has 0 radical (unpaired) electrons. The van der Waals surface area contributed by atoms with Crippen LogP contribution in [0.2, 0.25) is 10.2 Å². The van der Waals surface area contributed by atoms with Crippen LogP contribution in [0.1, 0.15) is 28.4 Å². The van der Waals surface area contributed by atoms with Crippen LogP contribution in [0.25, 0.3) is 0 Å². The third-order valence-electron chi connectivity index (χ3n) is 3.33. The molecule has 0 amide bonds. The van der Waals surface area contributed by atoms with Gasteiger partial charge in [0, 0.05) is 23.7 Å². The van der Waals surface area contributed by atoms with Gasteiger partial charge in [0.15, 0.2) is 0 Å². The second-order valence-electron chi connectivity index (χ2n) is 4.79. The fourth-order valence-electron chi connectivity index (χ4n) is 2.25. The zero-order valence-corrected chi connectivity index (χ0v) is 12.8. The van der Waals surface area contributed by atoms with E-state index in [0.29, 0.717) is 16.6 Å². The van der Waals surface area contributed by atoms with E-state index in [-0.39, 0.29) is 6.04 Å². The van der Waals surface area contributed by atoms with E-state index in [1.807, 2.05) is 39.1 Å². The lowest BCUT2D eigenvalue weighted by Gasteiger charge is -2.15. The Morgan fingerprint density at radius 1 is 1.32 bits per heavy atom. The number of aryl methyl sites for hydroxylation is 3. The molecule has 5 heteroatoms. The highest BCUT2D eigenvalue weighted by Crippen LogP contribution is 2.27. The largest absolute Gasteiger partial charge is 0.324 e. The smallest absolute Gasteiger partial charge is 0.130 e. The molecule has 3 nitrogen and oxygen atoms in total. The molecule has 1 aromatic carbocycles. The lowest BCUT2D eigenvalue weighted by molar-refractivity contribution is 0.713. The molecule has 1 unspecified atom stereocenters. The maximum absolute atomic E-state index is 6.29. The standard InChI is InChI=1S/C14H17Cl2N3/c1-8-4-5-10(15)6-11(8)13(17)7-12-9(2)18-19(3)14(12)16/h4-6,13H,7,17H2,1-3H3. The average molecular weight is 298 g/mol. The summed E-state index contributed by atoms with van der Waals surface area (Å²) in [7, 11) is 1.83. The first-order valence-electron chi connectivity index (χ1n) is 6.09. The van der Waals surface area contributed by atoms with Crippen molar-refractivity contribution in [3.8, 4) is 0 Å². The topological polar surface area (TPSA) is 43.8 Å². The number of halogens is 2.